The maximum absolute atomic E-state index is 10.8. The van der Waals surface area contributed by atoms with E-state index < -0.39 is 5.60 Å². The summed E-state index contributed by atoms with van der Waals surface area (Å²) in [7, 11) is 0. The first-order valence-corrected chi connectivity index (χ1v) is 7.33. The molecule has 0 spiro atoms. The summed E-state index contributed by atoms with van der Waals surface area (Å²) < 4.78 is 0. The molecule has 0 radical (unpaired) electrons. The predicted octanol–water partition coefficient (Wildman–Crippen LogP) is 3.74. The first-order valence-electron chi connectivity index (χ1n) is 7.33. The molecule has 2 rings (SSSR count). The Hall–Kier alpha value is -0.890. The molecule has 0 amide bonds. The average Bonchev–Trinajstić information content (AvgIpc) is 2.54. The summed E-state index contributed by atoms with van der Waals surface area (Å²) in [5.74, 6) is 0.831. The summed E-state index contributed by atoms with van der Waals surface area (Å²) in [5, 5.41) is 10.8. The molecule has 1 N–H and O–H groups in total. The van der Waals surface area contributed by atoms with Gasteiger partial charge in [0.15, 0.2) is 0 Å². The van der Waals surface area contributed by atoms with Crippen molar-refractivity contribution in [1.29, 1.82) is 0 Å². The van der Waals surface area contributed by atoms with Gasteiger partial charge in [-0.3, -0.25) is 4.98 Å². The van der Waals surface area contributed by atoms with Crippen LogP contribution in [-0.4, -0.2) is 15.7 Å². The highest BCUT2D eigenvalue weighted by atomic mass is 16.3. The van der Waals surface area contributed by atoms with Gasteiger partial charge in [0, 0.05) is 18.8 Å². The molecule has 2 heteroatoms. The van der Waals surface area contributed by atoms with Crippen molar-refractivity contribution in [2.24, 2.45) is 5.92 Å². The summed E-state index contributed by atoms with van der Waals surface area (Å²) in [6.07, 6.45) is 12.6. The lowest BCUT2D eigenvalue weighted by Crippen LogP contribution is -2.30. The lowest BCUT2D eigenvalue weighted by atomic mass is 9.87. The highest BCUT2D eigenvalue weighted by Crippen LogP contribution is 2.34. The van der Waals surface area contributed by atoms with Crippen LogP contribution in [0.3, 0.4) is 0 Å². The zero-order chi connectivity index (χ0) is 12.8. The number of nitrogens with zero attached hydrogens (tertiary/aromatic N) is 1. The second-order valence-corrected chi connectivity index (χ2v) is 5.85. The summed E-state index contributed by atoms with van der Waals surface area (Å²) in [5.41, 5.74) is 0.667. The zero-order valence-corrected chi connectivity index (χ0v) is 11.4. The number of pyridine rings is 1. The maximum atomic E-state index is 10.8. The average molecular weight is 247 g/mol. The Morgan fingerprint density at radius 1 is 1.39 bits per heavy atom. The fraction of sp³-hybridized carbons (Fsp3) is 0.688. The molecule has 2 nitrogen and oxygen atoms in total. The van der Waals surface area contributed by atoms with Gasteiger partial charge in [0.1, 0.15) is 0 Å². The molecule has 0 saturated heterocycles. The van der Waals surface area contributed by atoms with E-state index in [1.807, 2.05) is 12.3 Å². The van der Waals surface area contributed by atoms with E-state index in [0.29, 0.717) is 0 Å². The van der Waals surface area contributed by atoms with Crippen molar-refractivity contribution in [3.8, 4) is 0 Å². The van der Waals surface area contributed by atoms with Gasteiger partial charge in [-0.1, -0.05) is 38.7 Å². The Bertz CT molecular complexity index is 351. The topological polar surface area (TPSA) is 33.1 Å². The number of rotatable bonds is 4. The highest BCUT2D eigenvalue weighted by Gasteiger charge is 2.30. The molecule has 2 atom stereocenters. The van der Waals surface area contributed by atoms with E-state index in [-0.39, 0.29) is 0 Å². The largest absolute Gasteiger partial charge is 0.390 e. The summed E-state index contributed by atoms with van der Waals surface area (Å²) in [6.45, 7) is 2.26. The third-order valence-corrected chi connectivity index (χ3v) is 4.23. The van der Waals surface area contributed by atoms with Gasteiger partial charge in [-0.25, -0.2) is 0 Å². The molecule has 1 saturated carbocycles. The molecule has 2 unspecified atom stereocenters. The molecule has 0 bridgehead atoms. The van der Waals surface area contributed by atoms with Gasteiger partial charge in [-0.2, -0.15) is 0 Å². The minimum Gasteiger partial charge on any atom is -0.390 e. The van der Waals surface area contributed by atoms with Crippen molar-refractivity contribution in [3.05, 3.63) is 30.1 Å². The first kappa shape index (κ1) is 13.5. The second-order valence-electron chi connectivity index (χ2n) is 5.85. The summed E-state index contributed by atoms with van der Waals surface area (Å²) >= 11 is 0. The smallest absolute Gasteiger partial charge is 0.0688 e. The van der Waals surface area contributed by atoms with Crippen LogP contribution in [0.15, 0.2) is 24.5 Å². The van der Waals surface area contributed by atoms with Crippen LogP contribution >= 0.6 is 0 Å². The third-order valence-electron chi connectivity index (χ3n) is 4.23. The molecule has 0 aromatic carbocycles. The molecule has 1 aromatic rings. The van der Waals surface area contributed by atoms with E-state index in [0.717, 1.165) is 30.7 Å². The predicted molar refractivity (Wildman–Crippen MR) is 74.4 cm³/mol. The third kappa shape index (κ3) is 3.81. The molecule has 100 valence electrons. The number of aliphatic hydroxyl groups is 1. The van der Waals surface area contributed by atoms with Crippen molar-refractivity contribution in [2.45, 2.75) is 63.9 Å². The van der Waals surface area contributed by atoms with E-state index in [9.17, 15) is 5.11 Å². The molecule has 1 aromatic heterocycles. The van der Waals surface area contributed by atoms with Crippen molar-refractivity contribution >= 4 is 0 Å². The van der Waals surface area contributed by atoms with Gasteiger partial charge in [0.05, 0.1) is 5.60 Å². The summed E-state index contributed by atoms with van der Waals surface area (Å²) in [4.78, 5) is 4.14. The minimum absolute atomic E-state index is 0.495. The Labute approximate surface area is 110 Å². The van der Waals surface area contributed by atoms with E-state index >= 15 is 0 Å². The summed E-state index contributed by atoms with van der Waals surface area (Å²) in [6, 6.07) is 4.02. The van der Waals surface area contributed by atoms with Gasteiger partial charge in [-0.05, 0) is 36.8 Å². The van der Waals surface area contributed by atoms with E-state index in [1.165, 1.54) is 32.1 Å². The van der Waals surface area contributed by atoms with Crippen molar-refractivity contribution in [3.63, 3.8) is 0 Å². The lowest BCUT2D eigenvalue weighted by Gasteiger charge is -2.26. The normalized spacial score (nSPS) is 28.9. The first-order chi connectivity index (χ1) is 8.72. The van der Waals surface area contributed by atoms with E-state index in [4.69, 9.17) is 0 Å². The number of aromatic nitrogens is 1. The Morgan fingerprint density at radius 2 is 2.28 bits per heavy atom. The van der Waals surface area contributed by atoms with Gasteiger partial charge >= 0.3 is 0 Å². The van der Waals surface area contributed by atoms with Crippen LogP contribution in [0.1, 0.15) is 57.4 Å². The van der Waals surface area contributed by atoms with Crippen LogP contribution in [0, 0.1) is 5.92 Å². The van der Waals surface area contributed by atoms with Gasteiger partial charge in [0.25, 0.3) is 0 Å². The Balaban J connectivity index is 1.95. The molecule has 1 heterocycles. The minimum atomic E-state index is -0.495. The Morgan fingerprint density at radius 3 is 3.00 bits per heavy atom. The van der Waals surface area contributed by atoms with E-state index in [1.54, 1.807) is 6.20 Å². The maximum Gasteiger partial charge on any atom is 0.0688 e. The molecule has 1 aliphatic carbocycles. The van der Waals surface area contributed by atoms with Crippen LogP contribution in [0.25, 0.3) is 0 Å². The van der Waals surface area contributed by atoms with Crippen LogP contribution < -0.4 is 0 Å². The van der Waals surface area contributed by atoms with Crippen LogP contribution in [0.2, 0.25) is 0 Å². The molecule has 1 fully saturated rings. The van der Waals surface area contributed by atoms with Crippen molar-refractivity contribution in [2.75, 3.05) is 0 Å². The van der Waals surface area contributed by atoms with Crippen LogP contribution in [0.4, 0.5) is 0 Å². The standard InChI is InChI=1S/C16H25NO/c1-2-5-14-6-3-9-16(18,10-8-14)12-15-7-4-11-17-13-15/h4,7,11,13-14,18H,2-3,5-6,8-10,12H2,1H3. The van der Waals surface area contributed by atoms with Crippen molar-refractivity contribution < 1.29 is 5.11 Å². The van der Waals surface area contributed by atoms with Crippen molar-refractivity contribution in [1.82, 2.24) is 4.98 Å². The van der Waals surface area contributed by atoms with E-state index in [2.05, 4.69) is 18.0 Å². The second kappa shape index (κ2) is 6.33. The molecule has 18 heavy (non-hydrogen) atoms. The van der Waals surface area contributed by atoms with Gasteiger partial charge in [0.2, 0.25) is 0 Å². The van der Waals surface area contributed by atoms with Gasteiger partial charge < -0.3 is 5.11 Å². The SMILES string of the molecule is CCCC1CCCC(O)(Cc2cccnc2)CC1. The number of hydrogen-bond acceptors (Lipinski definition) is 2. The monoisotopic (exact) mass is 247 g/mol. The fourth-order valence-electron chi connectivity index (χ4n) is 3.22. The molecule has 0 aliphatic heterocycles. The molecule has 1 aliphatic rings. The highest BCUT2D eigenvalue weighted by molar-refractivity contribution is 5.12. The van der Waals surface area contributed by atoms with Crippen LogP contribution in [0.5, 0.6) is 0 Å². The van der Waals surface area contributed by atoms with Crippen LogP contribution in [-0.2, 0) is 6.42 Å². The zero-order valence-electron chi connectivity index (χ0n) is 11.4. The molecular formula is C16H25NO. The Kier molecular flexibility index (Phi) is 4.76. The number of hydrogen-bond donors (Lipinski definition) is 1. The van der Waals surface area contributed by atoms with Gasteiger partial charge in [-0.15, -0.1) is 0 Å². The molecular weight excluding hydrogens is 222 g/mol. The lowest BCUT2D eigenvalue weighted by molar-refractivity contribution is 0.0240. The fourth-order valence-corrected chi connectivity index (χ4v) is 3.22. The quantitative estimate of drug-likeness (QED) is 0.822.